The molecule has 1 N–H and O–H groups in total. The highest BCUT2D eigenvalue weighted by atomic mass is 32.2. The number of rotatable bonds is 1. The monoisotopic (exact) mass is 174 g/mol. The van der Waals surface area contributed by atoms with Gasteiger partial charge in [0.05, 0.1) is 5.69 Å². The van der Waals surface area contributed by atoms with Crippen molar-refractivity contribution in [3.63, 3.8) is 0 Å². The van der Waals surface area contributed by atoms with Crippen molar-refractivity contribution in [3.05, 3.63) is 11.4 Å². The summed E-state index contributed by atoms with van der Waals surface area (Å²) in [6.07, 6.45) is 1.13. The van der Waals surface area contributed by atoms with E-state index in [2.05, 4.69) is 9.97 Å². The number of aromatic nitrogens is 2. The molecule has 4 nitrogen and oxygen atoms in total. The van der Waals surface area contributed by atoms with Gasteiger partial charge in [0.1, 0.15) is 0 Å². The summed E-state index contributed by atoms with van der Waals surface area (Å²) in [5.41, 5.74) is 1.52. The number of imidazole rings is 1. The Hall–Kier alpha value is -0.840. The summed E-state index contributed by atoms with van der Waals surface area (Å²) >= 11 is 0. The third-order valence-electron chi connectivity index (χ3n) is 1.46. The zero-order chi connectivity index (χ0) is 8.65. The summed E-state index contributed by atoms with van der Waals surface area (Å²) in [5.74, 6) is 0. The Labute approximate surface area is 65.6 Å². The van der Waals surface area contributed by atoms with E-state index >= 15 is 0 Å². The molecule has 0 amide bonds. The zero-order valence-corrected chi connectivity index (χ0v) is 7.49. The molecule has 0 aromatic carbocycles. The average molecular weight is 174 g/mol. The highest BCUT2D eigenvalue weighted by Crippen LogP contribution is 2.07. The van der Waals surface area contributed by atoms with E-state index in [1.54, 1.807) is 13.8 Å². The third kappa shape index (κ3) is 1.59. The van der Waals surface area contributed by atoms with Gasteiger partial charge in [0.25, 0.3) is 0 Å². The second kappa shape index (κ2) is 2.34. The van der Waals surface area contributed by atoms with Crippen LogP contribution in [-0.2, 0) is 9.84 Å². The standard InChI is InChI=1S/C6H10N2O2S/c1-4-5(2)8-6(7-4)11(3,9)10/h1-3H3,(H,7,8). The summed E-state index contributed by atoms with van der Waals surface area (Å²) < 4.78 is 21.8. The van der Waals surface area contributed by atoms with Gasteiger partial charge in [-0.1, -0.05) is 0 Å². The van der Waals surface area contributed by atoms with E-state index in [9.17, 15) is 8.42 Å². The number of nitrogens with zero attached hydrogens (tertiary/aromatic N) is 1. The summed E-state index contributed by atoms with van der Waals surface area (Å²) in [7, 11) is -3.17. The van der Waals surface area contributed by atoms with Crippen LogP contribution in [0.4, 0.5) is 0 Å². The number of aromatic amines is 1. The van der Waals surface area contributed by atoms with Gasteiger partial charge in [-0.05, 0) is 13.8 Å². The van der Waals surface area contributed by atoms with E-state index in [4.69, 9.17) is 0 Å². The lowest BCUT2D eigenvalue weighted by molar-refractivity contribution is 0.594. The van der Waals surface area contributed by atoms with Gasteiger partial charge in [0, 0.05) is 11.9 Å². The highest BCUT2D eigenvalue weighted by molar-refractivity contribution is 7.90. The van der Waals surface area contributed by atoms with Gasteiger partial charge in [0.15, 0.2) is 0 Å². The number of nitrogens with one attached hydrogen (secondary N) is 1. The third-order valence-corrected chi connectivity index (χ3v) is 2.35. The first-order valence-corrected chi connectivity index (χ1v) is 5.03. The van der Waals surface area contributed by atoms with Crippen molar-refractivity contribution in [2.45, 2.75) is 19.0 Å². The first kappa shape index (κ1) is 8.26. The molecular weight excluding hydrogens is 164 g/mol. The first-order valence-electron chi connectivity index (χ1n) is 3.14. The summed E-state index contributed by atoms with van der Waals surface area (Å²) in [5, 5.41) is 0.0486. The molecule has 0 spiro atoms. The molecule has 0 radical (unpaired) electrons. The second-order valence-corrected chi connectivity index (χ2v) is 4.46. The lowest BCUT2D eigenvalue weighted by Gasteiger charge is -1.87. The Morgan fingerprint density at radius 2 is 1.91 bits per heavy atom. The predicted octanol–water partition coefficient (Wildman–Crippen LogP) is 0.430. The van der Waals surface area contributed by atoms with Crippen molar-refractivity contribution in [2.75, 3.05) is 6.26 Å². The minimum absolute atomic E-state index is 0.0486. The minimum Gasteiger partial charge on any atom is -0.333 e. The summed E-state index contributed by atoms with van der Waals surface area (Å²) in [6, 6.07) is 0. The van der Waals surface area contributed by atoms with Crippen LogP contribution < -0.4 is 0 Å². The molecule has 0 bridgehead atoms. The fourth-order valence-electron chi connectivity index (χ4n) is 0.691. The molecule has 1 heterocycles. The SMILES string of the molecule is Cc1nc(S(C)(=O)=O)[nH]c1C. The van der Waals surface area contributed by atoms with E-state index in [0.29, 0.717) is 0 Å². The first-order chi connectivity index (χ1) is 4.91. The Balaban J connectivity index is 3.29. The van der Waals surface area contributed by atoms with E-state index in [0.717, 1.165) is 17.6 Å². The molecule has 0 unspecified atom stereocenters. The number of H-pyrrole nitrogens is 1. The van der Waals surface area contributed by atoms with Gasteiger partial charge in [-0.3, -0.25) is 0 Å². The van der Waals surface area contributed by atoms with Gasteiger partial charge in [-0.25, -0.2) is 13.4 Å². The Bertz CT molecular complexity index is 344. The van der Waals surface area contributed by atoms with Crippen molar-refractivity contribution in [2.24, 2.45) is 0 Å². The molecule has 0 saturated carbocycles. The van der Waals surface area contributed by atoms with Gasteiger partial charge in [-0.15, -0.1) is 0 Å². The summed E-state index contributed by atoms with van der Waals surface area (Å²) in [4.78, 5) is 6.52. The normalized spacial score (nSPS) is 11.9. The van der Waals surface area contributed by atoms with Crippen molar-refractivity contribution in [1.82, 2.24) is 9.97 Å². The van der Waals surface area contributed by atoms with Crippen LogP contribution in [0.25, 0.3) is 0 Å². The molecule has 0 fully saturated rings. The van der Waals surface area contributed by atoms with Gasteiger partial charge in [-0.2, -0.15) is 0 Å². The molecule has 0 atom stereocenters. The molecule has 62 valence electrons. The number of sulfone groups is 1. The minimum atomic E-state index is -3.17. The van der Waals surface area contributed by atoms with Crippen LogP contribution in [0.2, 0.25) is 0 Å². The average Bonchev–Trinajstić information content (AvgIpc) is 2.11. The molecule has 1 rings (SSSR count). The van der Waals surface area contributed by atoms with Crippen LogP contribution in [-0.4, -0.2) is 24.6 Å². The molecule has 0 aliphatic carbocycles. The van der Waals surface area contributed by atoms with E-state index in [1.807, 2.05) is 0 Å². The number of hydrogen-bond acceptors (Lipinski definition) is 3. The van der Waals surface area contributed by atoms with Crippen LogP contribution >= 0.6 is 0 Å². The van der Waals surface area contributed by atoms with Crippen LogP contribution in [0.3, 0.4) is 0 Å². The topological polar surface area (TPSA) is 62.8 Å². The van der Waals surface area contributed by atoms with E-state index < -0.39 is 9.84 Å². The van der Waals surface area contributed by atoms with Crippen LogP contribution in [0, 0.1) is 13.8 Å². The molecule has 0 saturated heterocycles. The van der Waals surface area contributed by atoms with Crippen LogP contribution in [0.5, 0.6) is 0 Å². The maximum absolute atomic E-state index is 10.9. The van der Waals surface area contributed by atoms with Crippen molar-refractivity contribution in [1.29, 1.82) is 0 Å². The highest BCUT2D eigenvalue weighted by Gasteiger charge is 2.12. The molecule has 11 heavy (non-hydrogen) atoms. The lowest BCUT2D eigenvalue weighted by atomic mass is 10.4. The largest absolute Gasteiger partial charge is 0.333 e. The Morgan fingerprint density at radius 1 is 1.36 bits per heavy atom. The van der Waals surface area contributed by atoms with Crippen LogP contribution in [0.1, 0.15) is 11.4 Å². The Kier molecular flexibility index (Phi) is 1.75. The number of aryl methyl sites for hydroxylation is 2. The Morgan fingerprint density at radius 3 is 2.09 bits per heavy atom. The predicted molar refractivity (Wildman–Crippen MR) is 41.2 cm³/mol. The second-order valence-electron chi connectivity index (χ2n) is 2.52. The fourth-order valence-corrected chi connectivity index (χ4v) is 1.33. The van der Waals surface area contributed by atoms with Crippen LogP contribution in [0.15, 0.2) is 5.16 Å². The molecular formula is C6H10N2O2S. The van der Waals surface area contributed by atoms with Crippen molar-refractivity contribution < 1.29 is 8.42 Å². The van der Waals surface area contributed by atoms with E-state index in [-0.39, 0.29) is 5.16 Å². The van der Waals surface area contributed by atoms with Gasteiger partial charge >= 0.3 is 0 Å². The smallest absolute Gasteiger partial charge is 0.225 e. The summed E-state index contributed by atoms with van der Waals surface area (Å²) in [6.45, 7) is 3.55. The lowest BCUT2D eigenvalue weighted by Crippen LogP contribution is -1.99. The number of hydrogen-bond donors (Lipinski definition) is 1. The molecule has 1 aromatic heterocycles. The van der Waals surface area contributed by atoms with Crippen molar-refractivity contribution in [3.8, 4) is 0 Å². The molecule has 1 aromatic rings. The maximum Gasteiger partial charge on any atom is 0.225 e. The van der Waals surface area contributed by atoms with E-state index in [1.165, 1.54) is 0 Å². The molecule has 0 aliphatic heterocycles. The molecule has 5 heteroatoms. The fraction of sp³-hybridized carbons (Fsp3) is 0.500. The van der Waals surface area contributed by atoms with Gasteiger partial charge < -0.3 is 4.98 Å². The van der Waals surface area contributed by atoms with Gasteiger partial charge in [0.2, 0.25) is 15.0 Å². The maximum atomic E-state index is 10.9. The zero-order valence-electron chi connectivity index (χ0n) is 6.67. The van der Waals surface area contributed by atoms with Crippen molar-refractivity contribution >= 4 is 9.84 Å². The quantitative estimate of drug-likeness (QED) is 0.671. The molecule has 0 aliphatic rings.